The molecule has 118 valence electrons. The van der Waals surface area contributed by atoms with Gasteiger partial charge in [-0.3, -0.25) is 0 Å². The number of nitrogens with one attached hydrogen (secondary N) is 1. The van der Waals surface area contributed by atoms with Crippen molar-refractivity contribution < 1.29 is 9.47 Å². The molecule has 0 bridgehead atoms. The van der Waals surface area contributed by atoms with Crippen LogP contribution in [0.25, 0.3) is 0 Å². The lowest BCUT2D eigenvalue weighted by atomic mass is 9.74. The minimum Gasteiger partial charge on any atom is -0.494 e. The molecule has 1 N–H and O–H groups in total. The van der Waals surface area contributed by atoms with Crippen molar-refractivity contribution in [2.75, 3.05) is 20.3 Å². The van der Waals surface area contributed by atoms with Crippen LogP contribution in [-0.4, -0.2) is 25.9 Å². The lowest BCUT2D eigenvalue weighted by Crippen LogP contribution is -2.43. The van der Waals surface area contributed by atoms with Crippen molar-refractivity contribution in [1.29, 1.82) is 0 Å². The van der Waals surface area contributed by atoms with Crippen LogP contribution in [0, 0.1) is 0 Å². The quantitative estimate of drug-likeness (QED) is 0.743. The third-order valence-corrected chi connectivity index (χ3v) is 4.51. The van der Waals surface area contributed by atoms with E-state index < -0.39 is 0 Å². The van der Waals surface area contributed by atoms with E-state index in [1.54, 1.807) is 0 Å². The van der Waals surface area contributed by atoms with Gasteiger partial charge in [0.2, 0.25) is 0 Å². The van der Waals surface area contributed by atoms with Crippen LogP contribution in [0.2, 0.25) is 0 Å². The Balaban J connectivity index is 2.07. The molecular formula is C18H29NO2. The van der Waals surface area contributed by atoms with Gasteiger partial charge in [0.05, 0.1) is 12.2 Å². The van der Waals surface area contributed by atoms with Gasteiger partial charge in [-0.05, 0) is 63.3 Å². The molecule has 0 spiro atoms. The third kappa shape index (κ3) is 4.21. The summed E-state index contributed by atoms with van der Waals surface area (Å²) in [6.07, 6.45) is 5.86. The average molecular weight is 291 g/mol. The van der Waals surface area contributed by atoms with Crippen molar-refractivity contribution in [3.8, 4) is 5.75 Å². The summed E-state index contributed by atoms with van der Waals surface area (Å²) < 4.78 is 11.3. The van der Waals surface area contributed by atoms with Crippen molar-refractivity contribution in [2.45, 2.75) is 57.6 Å². The number of hydrogen-bond acceptors (Lipinski definition) is 3. The normalized spacial score (nSPS) is 18.0. The highest BCUT2D eigenvalue weighted by atomic mass is 16.5. The molecule has 0 saturated heterocycles. The SMILES string of the molecule is CCCNC(CC1(OC)CCC1)c1ccc(OCC)cc1. The molecule has 2 rings (SSSR count). The first-order valence-corrected chi connectivity index (χ1v) is 8.24. The highest BCUT2D eigenvalue weighted by Crippen LogP contribution is 2.42. The summed E-state index contributed by atoms with van der Waals surface area (Å²) in [6, 6.07) is 8.86. The molecule has 0 amide bonds. The molecule has 1 aromatic rings. The zero-order valence-corrected chi connectivity index (χ0v) is 13.7. The Bertz CT molecular complexity index is 406. The van der Waals surface area contributed by atoms with Crippen LogP contribution in [0.1, 0.15) is 57.6 Å². The Kier molecular flexibility index (Phi) is 6.07. The highest BCUT2D eigenvalue weighted by Gasteiger charge is 2.39. The Morgan fingerprint density at radius 3 is 2.38 bits per heavy atom. The molecule has 1 atom stereocenters. The molecule has 0 aromatic heterocycles. The van der Waals surface area contributed by atoms with E-state index in [9.17, 15) is 0 Å². The Morgan fingerprint density at radius 2 is 1.90 bits per heavy atom. The standard InChI is InChI=1S/C18H29NO2/c1-4-13-19-17(14-18(20-3)11-6-12-18)15-7-9-16(10-8-15)21-5-2/h7-10,17,19H,4-6,11-14H2,1-3H3. The van der Waals surface area contributed by atoms with E-state index in [2.05, 4.69) is 36.5 Å². The molecule has 0 aliphatic heterocycles. The van der Waals surface area contributed by atoms with Gasteiger partial charge in [-0.25, -0.2) is 0 Å². The summed E-state index contributed by atoms with van der Waals surface area (Å²) in [5.41, 5.74) is 1.42. The third-order valence-electron chi connectivity index (χ3n) is 4.51. The maximum atomic E-state index is 5.80. The van der Waals surface area contributed by atoms with E-state index in [4.69, 9.17) is 9.47 Å². The first kappa shape index (κ1) is 16.3. The van der Waals surface area contributed by atoms with Gasteiger partial charge in [0.25, 0.3) is 0 Å². The molecule has 3 nitrogen and oxygen atoms in total. The van der Waals surface area contributed by atoms with Crippen molar-refractivity contribution in [3.05, 3.63) is 29.8 Å². The van der Waals surface area contributed by atoms with E-state index in [1.807, 2.05) is 14.0 Å². The second kappa shape index (κ2) is 7.81. The van der Waals surface area contributed by atoms with Gasteiger partial charge in [0.15, 0.2) is 0 Å². The molecule has 1 unspecified atom stereocenters. The average Bonchev–Trinajstić information content (AvgIpc) is 2.47. The number of ether oxygens (including phenoxy) is 2. The van der Waals surface area contributed by atoms with Gasteiger partial charge in [0.1, 0.15) is 5.75 Å². The molecule has 1 aliphatic rings. The highest BCUT2D eigenvalue weighted by molar-refractivity contribution is 5.29. The maximum Gasteiger partial charge on any atom is 0.119 e. The number of rotatable bonds is 9. The van der Waals surface area contributed by atoms with E-state index in [0.29, 0.717) is 12.6 Å². The van der Waals surface area contributed by atoms with Gasteiger partial charge in [-0.15, -0.1) is 0 Å². The molecule has 1 aliphatic carbocycles. The predicted molar refractivity (Wildman–Crippen MR) is 86.9 cm³/mol. The topological polar surface area (TPSA) is 30.5 Å². The van der Waals surface area contributed by atoms with Gasteiger partial charge < -0.3 is 14.8 Å². The summed E-state index contributed by atoms with van der Waals surface area (Å²) in [4.78, 5) is 0. The van der Waals surface area contributed by atoms with Crippen LogP contribution < -0.4 is 10.1 Å². The van der Waals surface area contributed by atoms with Crippen LogP contribution in [-0.2, 0) is 4.74 Å². The lowest BCUT2D eigenvalue weighted by Gasteiger charge is -2.43. The Hall–Kier alpha value is -1.06. The van der Waals surface area contributed by atoms with Gasteiger partial charge in [-0.2, -0.15) is 0 Å². The fourth-order valence-electron chi connectivity index (χ4n) is 3.02. The predicted octanol–water partition coefficient (Wildman–Crippen LogP) is 4.09. The molecule has 0 heterocycles. The van der Waals surface area contributed by atoms with E-state index >= 15 is 0 Å². The molecule has 1 fully saturated rings. The van der Waals surface area contributed by atoms with Gasteiger partial charge >= 0.3 is 0 Å². The van der Waals surface area contributed by atoms with Crippen LogP contribution in [0.3, 0.4) is 0 Å². The second-order valence-corrected chi connectivity index (χ2v) is 5.95. The van der Waals surface area contributed by atoms with Crippen molar-refractivity contribution in [2.24, 2.45) is 0 Å². The minimum atomic E-state index is 0.0873. The second-order valence-electron chi connectivity index (χ2n) is 5.95. The Morgan fingerprint density at radius 1 is 1.19 bits per heavy atom. The van der Waals surface area contributed by atoms with Crippen molar-refractivity contribution in [3.63, 3.8) is 0 Å². The summed E-state index contributed by atoms with van der Waals surface area (Å²) >= 11 is 0. The van der Waals surface area contributed by atoms with Gasteiger partial charge in [-0.1, -0.05) is 19.1 Å². The zero-order valence-electron chi connectivity index (χ0n) is 13.7. The summed E-state index contributed by atoms with van der Waals surface area (Å²) in [6.45, 7) is 5.97. The lowest BCUT2D eigenvalue weighted by molar-refractivity contribution is -0.0838. The fraction of sp³-hybridized carbons (Fsp3) is 0.667. The molecule has 1 saturated carbocycles. The van der Waals surface area contributed by atoms with E-state index in [0.717, 1.165) is 25.1 Å². The maximum absolute atomic E-state index is 5.80. The summed E-state index contributed by atoms with van der Waals surface area (Å²) in [7, 11) is 1.86. The molecule has 3 heteroatoms. The smallest absolute Gasteiger partial charge is 0.119 e. The summed E-state index contributed by atoms with van der Waals surface area (Å²) in [5, 5.41) is 3.67. The van der Waals surface area contributed by atoms with Crippen molar-refractivity contribution in [1.82, 2.24) is 5.32 Å². The van der Waals surface area contributed by atoms with E-state index in [-0.39, 0.29) is 5.60 Å². The van der Waals surface area contributed by atoms with Crippen LogP contribution in [0.4, 0.5) is 0 Å². The van der Waals surface area contributed by atoms with Crippen LogP contribution in [0.5, 0.6) is 5.75 Å². The summed E-state index contributed by atoms with van der Waals surface area (Å²) in [5.74, 6) is 0.945. The first-order valence-electron chi connectivity index (χ1n) is 8.24. The minimum absolute atomic E-state index is 0.0873. The molecular weight excluding hydrogens is 262 g/mol. The molecule has 1 aromatic carbocycles. The first-order chi connectivity index (χ1) is 10.2. The fourth-order valence-corrected chi connectivity index (χ4v) is 3.02. The zero-order chi connectivity index (χ0) is 15.1. The van der Waals surface area contributed by atoms with Gasteiger partial charge in [0, 0.05) is 13.2 Å². The van der Waals surface area contributed by atoms with Crippen LogP contribution in [0.15, 0.2) is 24.3 Å². The van der Waals surface area contributed by atoms with E-state index in [1.165, 1.54) is 24.8 Å². The van der Waals surface area contributed by atoms with Crippen LogP contribution >= 0.6 is 0 Å². The monoisotopic (exact) mass is 291 g/mol. The number of methoxy groups -OCH3 is 1. The largest absolute Gasteiger partial charge is 0.494 e. The Labute approximate surface area is 129 Å². The molecule has 21 heavy (non-hydrogen) atoms. The van der Waals surface area contributed by atoms with Crippen molar-refractivity contribution >= 4 is 0 Å². The number of hydrogen-bond donors (Lipinski definition) is 1. The molecule has 0 radical (unpaired) electrons. The number of benzene rings is 1.